The molecule has 0 radical (unpaired) electrons. The second-order valence-corrected chi connectivity index (χ2v) is 5.32. The summed E-state index contributed by atoms with van der Waals surface area (Å²) in [6.45, 7) is 6.51. The average Bonchev–Trinajstić information content (AvgIpc) is 2.95. The van der Waals surface area contributed by atoms with Crippen molar-refractivity contribution >= 4 is 22.8 Å². The molecule has 0 unspecified atom stereocenters. The summed E-state index contributed by atoms with van der Waals surface area (Å²) in [7, 11) is 0. The van der Waals surface area contributed by atoms with E-state index in [1.165, 1.54) is 12.1 Å². The van der Waals surface area contributed by atoms with Crippen molar-refractivity contribution in [2.24, 2.45) is 0 Å². The summed E-state index contributed by atoms with van der Waals surface area (Å²) < 4.78 is 17.5. The molecular formula is C15H16ClFN4. The molecule has 0 saturated carbocycles. The average molecular weight is 307 g/mol. The lowest BCUT2D eigenvalue weighted by atomic mass is 10.2. The van der Waals surface area contributed by atoms with E-state index >= 15 is 0 Å². The molecule has 3 aromatic rings. The Hall–Kier alpha value is -1.88. The van der Waals surface area contributed by atoms with E-state index in [0.717, 1.165) is 28.1 Å². The number of benzene rings is 1. The zero-order valence-corrected chi connectivity index (χ0v) is 12.9. The van der Waals surface area contributed by atoms with Gasteiger partial charge in [-0.3, -0.25) is 4.57 Å². The fraction of sp³-hybridized carbons (Fsp3) is 0.333. The van der Waals surface area contributed by atoms with Crippen LogP contribution in [0.4, 0.5) is 4.39 Å². The van der Waals surface area contributed by atoms with Crippen LogP contribution in [0.5, 0.6) is 0 Å². The number of rotatable bonds is 3. The number of fused-ring (bicyclic) bond motifs is 1. The van der Waals surface area contributed by atoms with E-state index in [0.29, 0.717) is 12.4 Å². The summed E-state index contributed by atoms with van der Waals surface area (Å²) in [5.74, 6) is 0.680. The summed E-state index contributed by atoms with van der Waals surface area (Å²) in [5, 5.41) is 4.47. The van der Waals surface area contributed by atoms with Crippen LogP contribution in [0.25, 0.3) is 16.9 Å². The minimum absolute atomic E-state index is 0.257. The molecule has 0 atom stereocenters. The summed E-state index contributed by atoms with van der Waals surface area (Å²) in [6.07, 6.45) is 0. The Bertz CT molecular complexity index is 799. The molecule has 110 valence electrons. The van der Waals surface area contributed by atoms with E-state index < -0.39 is 0 Å². The predicted molar refractivity (Wildman–Crippen MR) is 81.5 cm³/mol. The smallest absolute Gasteiger partial charge is 0.163 e. The van der Waals surface area contributed by atoms with Gasteiger partial charge >= 0.3 is 0 Å². The van der Waals surface area contributed by atoms with E-state index in [1.807, 2.05) is 36.1 Å². The first-order chi connectivity index (χ1) is 10.0. The van der Waals surface area contributed by atoms with Gasteiger partial charge in [0.05, 0.1) is 17.3 Å². The Morgan fingerprint density at radius 2 is 2.00 bits per heavy atom. The van der Waals surface area contributed by atoms with Crippen LogP contribution in [0.1, 0.15) is 24.0 Å². The van der Waals surface area contributed by atoms with Crippen LogP contribution in [0.2, 0.25) is 0 Å². The standard InChI is InChI=1S/C15H16ClFN4/c1-4-20-15-14(10(3)19-20)18-13(8-16)21(15)12-6-9(2)5-11(17)7-12/h5-7H,4,8H2,1-3H3. The molecule has 0 amide bonds. The Balaban J connectivity index is 2.38. The van der Waals surface area contributed by atoms with Crippen molar-refractivity contribution in [1.82, 2.24) is 19.3 Å². The minimum Gasteiger partial charge on any atom is -0.280 e. The maximum absolute atomic E-state index is 13.8. The van der Waals surface area contributed by atoms with Crippen molar-refractivity contribution < 1.29 is 4.39 Å². The molecule has 0 saturated heterocycles. The summed E-state index contributed by atoms with van der Waals surface area (Å²) >= 11 is 6.03. The maximum atomic E-state index is 13.8. The molecule has 0 fully saturated rings. The van der Waals surface area contributed by atoms with Crippen LogP contribution in [-0.4, -0.2) is 19.3 Å². The van der Waals surface area contributed by atoms with Gasteiger partial charge in [-0.2, -0.15) is 5.10 Å². The largest absolute Gasteiger partial charge is 0.280 e. The molecule has 0 bridgehead atoms. The maximum Gasteiger partial charge on any atom is 0.163 e. The summed E-state index contributed by atoms with van der Waals surface area (Å²) in [5.41, 5.74) is 4.10. The lowest BCUT2D eigenvalue weighted by Gasteiger charge is -2.10. The van der Waals surface area contributed by atoms with Gasteiger partial charge in [-0.1, -0.05) is 0 Å². The molecule has 2 heterocycles. The highest BCUT2D eigenvalue weighted by molar-refractivity contribution is 6.17. The summed E-state index contributed by atoms with van der Waals surface area (Å²) in [4.78, 5) is 4.56. The van der Waals surface area contributed by atoms with Crippen LogP contribution in [-0.2, 0) is 12.4 Å². The second-order valence-electron chi connectivity index (χ2n) is 5.06. The number of hydrogen-bond donors (Lipinski definition) is 0. The number of hydrogen-bond acceptors (Lipinski definition) is 2. The molecule has 0 N–H and O–H groups in total. The van der Waals surface area contributed by atoms with Crippen LogP contribution in [0, 0.1) is 19.7 Å². The van der Waals surface area contributed by atoms with Crippen molar-refractivity contribution in [3.63, 3.8) is 0 Å². The van der Waals surface area contributed by atoms with Gasteiger partial charge in [0.15, 0.2) is 5.65 Å². The van der Waals surface area contributed by atoms with Gasteiger partial charge in [-0.25, -0.2) is 14.1 Å². The molecule has 2 aromatic heterocycles. The number of halogens is 2. The highest BCUT2D eigenvalue weighted by Crippen LogP contribution is 2.26. The summed E-state index contributed by atoms with van der Waals surface area (Å²) in [6, 6.07) is 4.91. The van der Waals surface area contributed by atoms with Crippen molar-refractivity contribution in [2.75, 3.05) is 0 Å². The topological polar surface area (TPSA) is 35.6 Å². The molecule has 0 aliphatic rings. The third-order valence-corrected chi connectivity index (χ3v) is 3.72. The zero-order valence-electron chi connectivity index (χ0n) is 12.2. The van der Waals surface area contributed by atoms with Gasteiger partial charge in [0, 0.05) is 6.54 Å². The highest BCUT2D eigenvalue weighted by atomic mass is 35.5. The van der Waals surface area contributed by atoms with Crippen LogP contribution in [0.15, 0.2) is 18.2 Å². The van der Waals surface area contributed by atoms with Crippen molar-refractivity contribution in [3.8, 4) is 5.69 Å². The van der Waals surface area contributed by atoms with E-state index in [-0.39, 0.29) is 11.7 Å². The fourth-order valence-corrected chi connectivity index (χ4v) is 2.82. The quantitative estimate of drug-likeness (QED) is 0.691. The van der Waals surface area contributed by atoms with E-state index in [9.17, 15) is 4.39 Å². The number of aryl methyl sites for hydroxylation is 3. The van der Waals surface area contributed by atoms with E-state index in [2.05, 4.69) is 10.1 Å². The number of imidazole rings is 1. The zero-order chi connectivity index (χ0) is 15.1. The van der Waals surface area contributed by atoms with Gasteiger partial charge in [-0.15, -0.1) is 11.6 Å². The molecule has 4 nitrogen and oxygen atoms in total. The highest BCUT2D eigenvalue weighted by Gasteiger charge is 2.19. The first-order valence-electron chi connectivity index (χ1n) is 6.83. The normalized spacial score (nSPS) is 11.5. The first kappa shape index (κ1) is 14.1. The Morgan fingerprint density at radius 1 is 1.24 bits per heavy atom. The van der Waals surface area contributed by atoms with Gasteiger partial charge < -0.3 is 0 Å². The van der Waals surface area contributed by atoms with Crippen molar-refractivity contribution in [2.45, 2.75) is 33.2 Å². The molecule has 0 aliphatic heterocycles. The molecule has 0 spiro atoms. The first-order valence-corrected chi connectivity index (χ1v) is 7.36. The monoisotopic (exact) mass is 306 g/mol. The Kier molecular flexibility index (Phi) is 3.45. The third-order valence-electron chi connectivity index (χ3n) is 3.48. The molecule has 6 heteroatoms. The van der Waals surface area contributed by atoms with Gasteiger partial charge in [0.1, 0.15) is 17.2 Å². The van der Waals surface area contributed by atoms with Crippen LogP contribution in [0.3, 0.4) is 0 Å². The minimum atomic E-state index is -0.272. The molecular weight excluding hydrogens is 291 g/mol. The molecule has 1 aromatic carbocycles. The SMILES string of the molecule is CCn1nc(C)c2nc(CCl)n(-c3cc(C)cc(F)c3)c21. The Labute approximate surface area is 127 Å². The Morgan fingerprint density at radius 3 is 2.62 bits per heavy atom. The molecule has 21 heavy (non-hydrogen) atoms. The van der Waals surface area contributed by atoms with Crippen molar-refractivity contribution in [1.29, 1.82) is 0 Å². The number of aromatic nitrogens is 4. The van der Waals surface area contributed by atoms with Crippen molar-refractivity contribution in [3.05, 3.63) is 41.1 Å². The second kappa shape index (κ2) is 5.15. The number of alkyl halides is 1. The molecule has 3 rings (SSSR count). The number of nitrogens with zero attached hydrogens (tertiary/aromatic N) is 4. The van der Waals surface area contributed by atoms with E-state index in [4.69, 9.17) is 11.6 Å². The van der Waals surface area contributed by atoms with Gasteiger partial charge in [0.2, 0.25) is 0 Å². The lowest BCUT2D eigenvalue weighted by molar-refractivity contribution is 0.624. The van der Waals surface area contributed by atoms with Gasteiger partial charge in [-0.05, 0) is 44.5 Å². The predicted octanol–water partition coefficient (Wildman–Crippen LogP) is 3.74. The molecule has 0 aliphatic carbocycles. The van der Waals surface area contributed by atoms with Crippen LogP contribution < -0.4 is 0 Å². The van der Waals surface area contributed by atoms with E-state index in [1.54, 1.807) is 0 Å². The van der Waals surface area contributed by atoms with Crippen LogP contribution >= 0.6 is 11.6 Å². The fourth-order valence-electron chi connectivity index (χ4n) is 2.64. The third kappa shape index (κ3) is 2.21. The lowest BCUT2D eigenvalue weighted by Crippen LogP contribution is -2.06. The van der Waals surface area contributed by atoms with Gasteiger partial charge in [0.25, 0.3) is 0 Å².